The summed E-state index contributed by atoms with van der Waals surface area (Å²) in [7, 11) is 0. The Morgan fingerprint density at radius 3 is 2.48 bits per heavy atom. The highest BCUT2D eigenvalue weighted by Gasteiger charge is 2.29. The van der Waals surface area contributed by atoms with Gasteiger partial charge in [0.15, 0.2) is 0 Å². The number of rotatable bonds is 5. The first-order valence-corrected chi connectivity index (χ1v) is 12.0. The number of thiophene rings is 1. The normalized spacial score (nSPS) is 18.4. The predicted octanol–water partition coefficient (Wildman–Crippen LogP) is 5.25. The summed E-state index contributed by atoms with van der Waals surface area (Å²) in [6, 6.07) is 10.6. The highest BCUT2D eigenvalue weighted by Crippen LogP contribution is 2.30. The van der Waals surface area contributed by atoms with E-state index in [4.69, 9.17) is 0 Å². The molecule has 164 valence electrons. The van der Waals surface area contributed by atoms with Crippen LogP contribution in [-0.4, -0.2) is 35.8 Å². The number of hydrogen-bond donors (Lipinski definition) is 1. The second-order valence-electron chi connectivity index (χ2n) is 8.46. The standard InChI is InChI=1S/C25H29FN2O2S/c26-22-9-5-4-8-21(22)23-12-10-20(31-23)11-13-24(29)27-19-14-16-28(17-15-19)25(30)18-6-2-1-3-7-18/h4-5,8-13,18-19H,1-3,6-7,14-17H2,(H,27,29)/b13-11+. The zero-order chi connectivity index (χ0) is 21.6. The molecule has 31 heavy (non-hydrogen) atoms. The van der Waals surface area contributed by atoms with Gasteiger partial charge in [-0.1, -0.05) is 37.5 Å². The van der Waals surface area contributed by atoms with Crippen molar-refractivity contribution in [3.05, 3.63) is 53.2 Å². The number of nitrogens with zero attached hydrogens (tertiary/aromatic N) is 1. The lowest BCUT2D eigenvalue weighted by Crippen LogP contribution is -2.48. The first-order chi connectivity index (χ1) is 15.1. The van der Waals surface area contributed by atoms with Crippen LogP contribution in [0.3, 0.4) is 0 Å². The number of benzene rings is 1. The highest BCUT2D eigenvalue weighted by atomic mass is 32.1. The molecule has 1 aromatic carbocycles. The van der Waals surface area contributed by atoms with Crippen molar-refractivity contribution in [1.82, 2.24) is 10.2 Å². The van der Waals surface area contributed by atoms with Gasteiger partial charge in [0.2, 0.25) is 11.8 Å². The van der Waals surface area contributed by atoms with Crippen LogP contribution in [0.1, 0.15) is 49.8 Å². The van der Waals surface area contributed by atoms with Gasteiger partial charge in [-0.05, 0) is 50.0 Å². The number of hydrogen-bond acceptors (Lipinski definition) is 3. The third-order valence-corrected chi connectivity index (χ3v) is 7.36. The topological polar surface area (TPSA) is 49.4 Å². The van der Waals surface area contributed by atoms with Crippen molar-refractivity contribution in [2.45, 2.75) is 51.0 Å². The highest BCUT2D eigenvalue weighted by molar-refractivity contribution is 7.16. The fourth-order valence-electron chi connectivity index (χ4n) is 4.51. The SMILES string of the molecule is O=C(/C=C/c1ccc(-c2ccccc2F)s1)NC1CCN(C(=O)C2CCCCC2)CC1. The van der Waals surface area contributed by atoms with E-state index in [1.807, 2.05) is 23.1 Å². The van der Waals surface area contributed by atoms with E-state index in [0.717, 1.165) is 48.5 Å². The summed E-state index contributed by atoms with van der Waals surface area (Å²) in [4.78, 5) is 28.8. The van der Waals surface area contributed by atoms with Crippen LogP contribution in [0.15, 0.2) is 42.5 Å². The van der Waals surface area contributed by atoms with Gasteiger partial charge in [-0.3, -0.25) is 9.59 Å². The Bertz CT molecular complexity index is 941. The van der Waals surface area contributed by atoms with Crippen LogP contribution >= 0.6 is 11.3 Å². The third-order valence-electron chi connectivity index (χ3n) is 6.27. The van der Waals surface area contributed by atoms with Crippen LogP contribution in [0.4, 0.5) is 4.39 Å². The van der Waals surface area contributed by atoms with E-state index in [9.17, 15) is 14.0 Å². The number of nitrogens with one attached hydrogen (secondary N) is 1. The lowest BCUT2D eigenvalue weighted by molar-refractivity contribution is -0.137. The van der Waals surface area contributed by atoms with Crippen molar-refractivity contribution in [1.29, 1.82) is 0 Å². The maximum absolute atomic E-state index is 13.9. The van der Waals surface area contributed by atoms with Crippen molar-refractivity contribution in [3.8, 4) is 10.4 Å². The molecule has 0 radical (unpaired) electrons. The van der Waals surface area contributed by atoms with E-state index in [1.165, 1.54) is 42.7 Å². The quantitative estimate of drug-likeness (QED) is 0.645. The first-order valence-electron chi connectivity index (χ1n) is 11.2. The van der Waals surface area contributed by atoms with Gasteiger partial charge in [-0.2, -0.15) is 0 Å². The zero-order valence-electron chi connectivity index (χ0n) is 17.7. The number of carbonyl (C=O) groups excluding carboxylic acids is 2. The maximum Gasteiger partial charge on any atom is 0.244 e. The Hall–Kier alpha value is -2.47. The van der Waals surface area contributed by atoms with Crippen LogP contribution in [-0.2, 0) is 9.59 Å². The van der Waals surface area contributed by atoms with E-state index in [0.29, 0.717) is 11.5 Å². The molecule has 0 atom stereocenters. The van der Waals surface area contributed by atoms with Crippen molar-refractivity contribution in [3.63, 3.8) is 0 Å². The first kappa shape index (κ1) is 21.8. The molecular weight excluding hydrogens is 411 g/mol. The molecule has 4 rings (SSSR count). The third kappa shape index (κ3) is 5.62. The summed E-state index contributed by atoms with van der Waals surface area (Å²) < 4.78 is 13.9. The molecule has 0 unspecified atom stereocenters. The number of likely N-dealkylation sites (tertiary alicyclic amines) is 1. The second kappa shape index (κ2) is 10.2. The summed E-state index contributed by atoms with van der Waals surface area (Å²) in [5, 5.41) is 3.06. The lowest BCUT2D eigenvalue weighted by Gasteiger charge is -2.35. The summed E-state index contributed by atoms with van der Waals surface area (Å²) >= 11 is 1.45. The molecule has 1 aromatic heterocycles. The number of halogens is 1. The van der Waals surface area contributed by atoms with Crippen LogP contribution in [0.25, 0.3) is 16.5 Å². The van der Waals surface area contributed by atoms with Crippen molar-refractivity contribution in [2.75, 3.05) is 13.1 Å². The van der Waals surface area contributed by atoms with Gasteiger partial charge in [-0.15, -0.1) is 11.3 Å². The fourth-order valence-corrected chi connectivity index (χ4v) is 5.44. The predicted molar refractivity (Wildman–Crippen MR) is 123 cm³/mol. The van der Waals surface area contributed by atoms with Gasteiger partial charge in [0, 0.05) is 46.4 Å². The van der Waals surface area contributed by atoms with Gasteiger partial charge >= 0.3 is 0 Å². The van der Waals surface area contributed by atoms with Gasteiger partial charge in [0.1, 0.15) is 5.82 Å². The number of carbonyl (C=O) groups is 2. The van der Waals surface area contributed by atoms with Crippen LogP contribution in [0.5, 0.6) is 0 Å². The lowest BCUT2D eigenvalue weighted by atomic mass is 9.87. The number of piperidine rings is 1. The van der Waals surface area contributed by atoms with E-state index < -0.39 is 0 Å². The summed E-state index contributed by atoms with van der Waals surface area (Å²) in [5.41, 5.74) is 0.575. The van der Waals surface area contributed by atoms with Gasteiger partial charge in [-0.25, -0.2) is 4.39 Å². The number of amides is 2. The van der Waals surface area contributed by atoms with Crippen LogP contribution in [0, 0.1) is 11.7 Å². The monoisotopic (exact) mass is 440 g/mol. The summed E-state index contributed by atoms with van der Waals surface area (Å²) in [5.74, 6) is 0.152. The zero-order valence-corrected chi connectivity index (χ0v) is 18.5. The van der Waals surface area contributed by atoms with Crippen LogP contribution in [0.2, 0.25) is 0 Å². The molecule has 2 aliphatic rings. The Kier molecular flexibility index (Phi) is 7.17. The van der Waals surface area contributed by atoms with Gasteiger partial charge in [0.25, 0.3) is 0 Å². The Balaban J connectivity index is 1.25. The molecule has 2 amide bonds. The van der Waals surface area contributed by atoms with E-state index in [-0.39, 0.29) is 23.7 Å². The Labute approximate surface area is 187 Å². The summed E-state index contributed by atoms with van der Waals surface area (Å²) in [6.07, 6.45) is 10.6. The molecule has 1 N–H and O–H groups in total. The molecule has 6 heteroatoms. The minimum atomic E-state index is -0.245. The maximum atomic E-state index is 13.9. The molecule has 1 aliphatic heterocycles. The van der Waals surface area contributed by atoms with E-state index in [1.54, 1.807) is 18.2 Å². The molecule has 1 aliphatic carbocycles. The molecule has 0 bridgehead atoms. The largest absolute Gasteiger partial charge is 0.350 e. The average molecular weight is 441 g/mol. The minimum Gasteiger partial charge on any atom is -0.350 e. The molecular formula is C25H29FN2O2S. The smallest absolute Gasteiger partial charge is 0.244 e. The Morgan fingerprint density at radius 2 is 1.74 bits per heavy atom. The Morgan fingerprint density at radius 1 is 1.00 bits per heavy atom. The van der Waals surface area contributed by atoms with Crippen molar-refractivity contribution >= 4 is 29.2 Å². The van der Waals surface area contributed by atoms with Crippen LogP contribution < -0.4 is 5.32 Å². The minimum absolute atomic E-state index is 0.102. The molecule has 4 nitrogen and oxygen atoms in total. The van der Waals surface area contributed by atoms with Gasteiger partial charge in [0.05, 0.1) is 0 Å². The molecule has 2 fully saturated rings. The van der Waals surface area contributed by atoms with Crippen molar-refractivity contribution in [2.24, 2.45) is 5.92 Å². The van der Waals surface area contributed by atoms with E-state index in [2.05, 4.69) is 5.32 Å². The molecule has 0 spiro atoms. The summed E-state index contributed by atoms with van der Waals surface area (Å²) in [6.45, 7) is 1.45. The molecule has 1 saturated heterocycles. The second-order valence-corrected chi connectivity index (χ2v) is 9.57. The fraction of sp³-hybridized carbons (Fsp3) is 0.440. The van der Waals surface area contributed by atoms with Crippen molar-refractivity contribution < 1.29 is 14.0 Å². The average Bonchev–Trinajstić information content (AvgIpc) is 3.27. The molecule has 2 aromatic rings. The van der Waals surface area contributed by atoms with Gasteiger partial charge < -0.3 is 10.2 Å². The molecule has 2 heterocycles. The molecule has 1 saturated carbocycles. The van der Waals surface area contributed by atoms with E-state index >= 15 is 0 Å².